The SMILES string of the molecule is CCC[S+]([O-])C[NH]. The molecular formula is C4H10NOS. The lowest BCUT2D eigenvalue weighted by atomic mass is 10.6. The van der Waals surface area contributed by atoms with Crippen molar-refractivity contribution in [3.8, 4) is 0 Å². The molecule has 0 rings (SSSR count). The first-order valence-corrected chi connectivity index (χ1v) is 3.79. The summed E-state index contributed by atoms with van der Waals surface area (Å²) in [5.41, 5.74) is 6.61. The molecule has 0 saturated carbocycles. The third-order valence-corrected chi connectivity index (χ3v) is 1.78. The summed E-state index contributed by atoms with van der Waals surface area (Å²) in [6, 6.07) is 0. The van der Waals surface area contributed by atoms with E-state index in [4.69, 9.17) is 5.73 Å². The second-order valence-electron chi connectivity index (χ2n) is 1.29. The highest BCUT2D eigenvalue weighted by Crippen LogP contribution is 1.88. The van der Waals surface area contributed by atoms with Crippen LogP contribution in [0.25, 0.3) is 0 Å². The quantitative estimate of drug-likeness (QED) is 0.497. The van der Waals surface area contributed by atoms with Crippen LogP contribution < -0.4 is 5.73 Å². The minimum atomic E-state index is -0.860. The average molecular weight is 120 g/mol. The molecule has 1 unspecified atom stereocenters. The van der Waals surface area contributed by atoms with Gasteiger partial charge in [0.1, 0.15) is 5.75 Å². The highest BCUT2D eigenvalue weighted by Gasteiger charge is 1.96. The van der Waals surface area contributed by atoms with Crippen LogP contribution in [0, 0.1) is 0 Å². The van der Waals surface area contributed by atoms with E-state index in [0.717, 1.165) is 6.42 Å². The fourth-order valence-corrected chi connectivity index (χ4v) is 0.900. The molecule has 0 aromatic carbocycles. The lowest BCUT2D eigenvalue weighted by Gasteiger charge is -2.03. The van der Waals surface area contributed by atoms with Gasteiger partial charge in [0.05, 0.1) is 0 Å². The van der Waals surface area contributed by atoms with E-state index in [2.05, 4.69) is 0 Å². The van der Waals surface area contributed by atoms with E-state index in [1.165, 1.54) is 0 Å². The summed E-state index contributed by atoms with van der Waals surface area (Å²) in [6.45, 7) is 1.97. The molecule has 0 saturated heterocycles. The van der Waals surface area contributed by atoms with Crippen LogP contribution in [0.3, 0.4) is 0 Å². The highest BCUT2D eigenvalue weighted by atomic mass is 32.2. The van der Waals surface area contributed by atoms with Gasteiger partial charge in [0.25, 0.3) is 0 Å². The summed E-state index contributed by atoms with van der Waals surface area (Å²) in [5, 5.41) is 0. The second-order valence-corrected chi connectivity index (χ2v) is 2.86. The Hall–Kier alpha value is 0.270. The number of nitrogens with one attached hydrogen (secondary N) is 1. The minimum Gasteiger partial charge on any atom is -0.615 e. The van der Waals surface area contributed by atoms with Gasteiger partial charge in [-0.05, 0) is 17.6 Å². The molecule has 1 radical (unpaired) electrons. The van der Waals surface area contributed by atoms with Gasteiger partial charge >= 0.3 is 0 Å². The molecule has 0 heterocycles. The van der Waals surface area contributed by atoms with Gasteiger partial charge in [-0.3, -0.25) is 0 Å². The molecular weight excluding hydrogens is 110 g/mol. The van der Waals surface area contributed by atoms with E-state index in [1.807, 2.05) is 6.92 Å². The number of hydrogen-bond donors (Lipinski definition) is 0. The van der Waals surface area contributed by atoms with Crippen molar-refractivity contribution in [1.29, 1.82) is 0 Å². The molecule has 1 N–H and O–H groups in total. The van der Waals surface area contributed by atoms with Crippen molar-refractivity contribution in [2.75, 3.05) is 11.6 Å². The first-order chi connectivity index (χ1) is 3.31. The number of hydrogen-bond acceptors (Lipinski definition) is 1. The Labute approximate surface area is 47.3 Å². The topological polar surface area (TPSA) is 46.9 Å². The molecule has 0 aliphatic rings. The largest absolute Gasteiger partial charge is 0.615 e. The Bertz CT molecular complexity index is 42.7. The van der Waals surface area contributed by atoms with Crippen molar-refractivity contribution in [1.82, 2.24) is 5.73 Å². The first-order valence-electron chi connectivity index (χ1n) is 2.30. The zero-order valence-corrected chi connectivity index (χ0v) is 5.25. The van der Waals surface area contributed by atoms with Crippen molar-refractivity contribution in [2.24, 2.45) is 0 Å². The van der Waals surface area contributed by atoms with Crippen LogP contribution in [-0.2, 0) is 11.2 Å². The molecule has 43 valence electrons. The maximum atomic E-state index is 10.3. The molecule has 0 amide bonds. The van der Waals surface area contributed by atoms with Gasteiger partial charge in [-0.25, -0.2) is 5.73 Å². The third kappa shape index (κ3) is 4.12. The lowest BCUT2D eigenvalue weighted by Crippen LogP contribution is -2.10. The van der Waals surface area contributed by atoms with E-state index >= 15 is 0 Å². The van der Waals surface area contributed by atoms with E-state index in [-0.39, 0.29) is 5.88 Å². The van der Waals surface area contributed by atoms with Crippen molar-refractivity contribution in [3.05, 3.63) is 0 Å². The van der Waals surface area contributed by atoms with Crippen LogP contribution in [0.5, 0.6) is 0 Å². The third-order valence-electron chi connectivity index (χ3n) is 0.593. The summed E-state index contributed by atoms with van der Waals surface area (Å²) in [6.07, 6.45) is 0.922. The lowest BCUT2D eigenvalue weighted by molar-refractivity contribution is 0.593. The van der Waals surface area contributed by atoms with Crippen molar-refractivity contribution >= 4 is 11.2 Å². The van der Waals surface area contributed by atoms with Crippen molar-refractivity contribution in [3.63, 3.8) is 0 Å². The van der Waals surface area contributed by atoms with Crippen LogP contribution >= 0.6 is 0 Å². The summed E-state index contributed by atoms with van der Waals surface area (Å²) >= 11 is -0.860. The molecule has 0 aromatic rings. The smallest absolute Gasteiger partial charge is 0.169 e. The molecule has 1 atom stereocenters. The predicted molar refractivity (Wildman–Crippen MR) is 31.3 cm³/mol. The fourth-order valence-electron chi connectivity index (χ4n) is 0.300. The molecule has 0 spiro atoms. The monoisotopic (exact) mass is 120 g/mol. The molecule has 0 fully saturated rings. The number of rotatable bonds is 3. The minimum absolute atomic E-state index is 0.0633. The molecule has 3 heteroatoms. The Balaban J connectivity index is 2.83. The van der Waals surface area contributed by atoms with Crippen LogP contribution in [-0.4, -0.2) is 16.2 Å². The van der Waals surface area contributed by atoms with E-state index < -0.39 is 11.2 Å². The standard InChI is InChI=1S/C4H10NOS/c1-2-3-7(6)4-5/h5H,2-4H2,1H3. The maximum absolute atomic E-state index is 10.3. The van der Waals surface area contributed by atoms with Crippen LogP contribution in [0.1, 0.15) is 13.3 Å². The van der Waals surface area contributed by atoms with Crippen LogP contribution in [0.4, 0.5) is 0 Å². The zero-order valence-electron chi connectivity index (χ0n) is 4.44. The Morgan fingerprint density at radius 1 is 1.71 bits per heavy atom. The normalized spacial score (nSPS) is 14.1. The second kappa shape index (κ2) is 4.43. The molecule has 0 bridgehead atoms. The molecule has 7 heavy (non-hydrogen) atoms. The van der Waals surface area contributed by atoms with Gasteiger partial charge in [0.15, 0.2) is 5.88 Å². The Morgan fingerprint density at radius 3 is 2.43 bits per heavy atom. The van der Waals surface area contributed by atoms with Gasteiger partial charge in [-0.15, -0.1) is 0 Å². The van der Waals surface area contributed by atoms with Gasteiger partial charge < -0.3 is 4.55 Å². The Morgan fingerprint density at radius 2 is 2.29 bits per heavy atom. The Kier molecular flexibility index (Phi) is 4.60. The van der Waals surface area contributed by atoms with Crippen molar-refractivity contribution < 1.29 is 4.55 Å². The molecule has 0 aromatic heterocycles. The summed E-state index contributed by atoms with van der Waals surface area (Å²) in [7, 11) is 0. The molecule has 0 aliphatic heterocycles. The van der Waals surface area contributed by atoms with Gasteiger partial charge in [-0.1, -0.05) is 6.92 Å². The van der Waals surface area contributed by atoms with E-state index in [9.17, 15) is 4.55 Å². The van der Waals surface area contributed by atoms with Crippen LogP contribution in [0.2, 0.25) is 0 Å². The first kappa shape index (κ1) is 7.27. The van der Waals surface area contributed by atoms with E-state index in [0.29, 0.717) is 5.75 Å². The van der Waals surface area contributed by atoms with Crippen molar-refractivity contribution in [2.45, 2.75) is 13.3 Å². The fraction of sp³-hybridized carbons (Fsp3) is 1.00. The zero-order chi connectivity index (χ0) is 5.70. The highest BCUT2D eigenvalue weighted by molar-refractivity contribution is 7.91. The van der Waals surface area contributed by atoms with Gasteiger partial charge in [0.2, 0.25) is 0 Å². The molecule has 0 aliphatic carbocycles. The average Bonchev–Trinajstić information content (AvgIpc) is 1.68. The molecule has 2 nitrogen and oxygen atoms in total. The predicted octanol–water partition coefficient (Wildman–Crippen LogP) is 0.386. The summed E-state index contributed by atoms with van der Waals surface area (Å²) in [5.74, 6) is 0.747. The summed E-state index contributed by atoms with van der Waals surface area (Å²) < 4.78 is 10.3. The van der Waals surface area contributed by atoms with E-state index in [1.54, 1.807) is 0 Å². The maximum Gasteiger partial charge on any atom is 0.169 e. The van der Waals surface area contributed by atoms with Crippen LogP contribution in [0.15, 0.2) is 0 Å². The summed E-state index contributed by atoms with van der Waals surface area (Å²) in [4.78, 5) is 0. The van der Waals surface area contributed by atoms with Gasteiger partial charge in [0, 0.05) is 0 Å². The van der Waals surface area contributed by atoms with Gasteiger partial charge in [-0.2, -0.15) is 0 Å².